The van der Waals surface area contributed by atoms with Crippen LogP contribution in [0.15, 0.2) is 24.3 Å². The highest BCUT2D eigenvalue weighted by Gasteiger charge is 2.30. The third-order valence-electron chi connectivity index (χ3n) is 3.52. The van der Waals surface area contributed by atoms with Gasteiger partial charge in [-0.1, -0.05) is 29.8 Å². The summed E-state index contributed by atoms with van der Waals surface area (Å²) in [5.41, 5.74) is 3.58. The van der Waals surface area contributed by atoms with Gasteiger partial charge >= 0.3 is 0 Å². The molecule has 0 bridgehead atoms. The van der Waals surface area contributed by atoms with Crippen molar-refractivity contribution < 1.29 is 4.79 Å². The molecule has 1 aliphatic carbocycles. The van der Waals surface area contributed by atoms with Crippen LogP contribution < -0.4 is 5.32 Å². The number of hydrogen-bond acceptors (Lipinski definition) is 3. The van der Waals surface area contributed by atoms with Gasteiger partial charge in [-0.25, -0.2) is 4.98 Å². The highest BCUT2D eigenvalue weighted by atomic mass is 32.1. The van der Waals surface area contributed by atoms with Crippen molar-refractivity contribution in [2.45, 2.75) is 33.1 Å². The van der Waals surface area contributed by atoms with Gasteiger partial charge in [0.2, 0.25) is 5.91 Å². The third-order valence-corrected chi connectivity index (χ3v) is 4.59. The van der Waals surface area contributed by atoms with E-state index in [4.69, 9.17) is 0 Å². The Morgan fingerprint density at radius 3 is 2.90 bits per heavy atom. The number of nitrogens with one attached hydrogen (secondary N) is 1. The molecule has 0 saturated heterocycles. The second-order valence-corrected chi connectivity index (χ2v) is 6.54. The monoisotopic (exact) mass is 286 g/mol. The number of hydrogen-bond donors (Lipinski definition) is 1. The van der Waals surface area contributed by atoms with E-state index in [1.165, 1.54) is 16.0 Å². The summed E-state index contributed by atoms with van der Waals surface area (Å²) in [5.74, 6) is 0.347. The zero-order valence-electron chi connectivity index (χ0n) is 11.8. The minimum absolute atomic E-state index is 0.126. The Bertz CT molecular complexity index is 644. The molecule has 0 aliphatic heterocycles. The second-order valence-electron chi connectivity index (χ2n) is 5.46. The number of amides is 1. The summed E-state index contributed by atoms with van der Waals surface area (Å²) in [7, 11) is 0. The van der Waals surface area contributed by atoms with E-state index in [1.807, 2.05) is 6.92 Å². The SMILES string of the molecule is Cc1cccc(Cc2sc(NC(=O)C3CC3)nc2C)c1. The smallest absolute Gasteiger partial charge is 0.229 e. The first-order valence-corrected chi connectivity index (χ1v) is 7.76. The van der Waals surface area contributed by atoms with Crippen LogP contribution in [0.4, 0.5) is 5.13 Å². The molecule has 1 aromatic heterocycles. The topological polar surface area (TPSA) is 42.0 Å². The van der Waals surface area contributed by atoms with Gasteiger partial charge in [0.05, 0.1) is 5.69 Å². The lowest BCUT2D eigenvalue weighted by molar-refractivity contribution is -0.117. The Morgan fingerprint density at radius 1 is 1.40 bits per heavy atom. The molecule has 2 aromatic rings. The van der Waals surface area contributed by atoms with Crippen molar-refractivity contribution in [1.82, 2.24) is 4.98 Å². The van der Waals surface area contributed by atoms with Gasteiger partial charge < -0.3 is 5.32 Å². The number of rotatable bonds is 4. The van der Waals surface area contributed by atoms with Crippen molar-refractivity contribution in [2.24, 2.45) is 5.92 Å². The average Bonchev–Trinajstić information content (AvgIpc) is 3.17. The maximum Gasteiger partial charge on any atom is 0.229 e. The van der Waals surface area contributed by atoms with Gasteiger partial charge in [-0.3, -0.25) is 4.79 Å². The van der Waals surface area contributed by atoms with Crippen molar-refractivity contribution in [3.05, 3.63) is 46.0 Å². The highest BCUT2D eigenvalue weighted by molar-refractivity contribution is 7.15. The van der Waals surface area contributed by atoms with E-state index < -0.39 is 0 Å². The Labute approximate surface area is 123 Å². The summed E-state index contributed by atoms with van der Waals surface area (Å²) < 4.78 is 0. The highest BCUT2D eigenvalue weighted by Crippen LogP contribution is 2.32. The van der Waals surface area contributed by atoms with Crippen LogP contribution in [-0.4, -0.2) is 10.9 Å². The molecule has 0 spiro atoms. The summed E-state index contributed by atoms with van der Waals surface area (Å²) in [6, 6.07) is 8.51. The Kier molecular flexibility index (Phi) is 3.57. The summed E-state index contributed by atoms with van der Waals surface area (Å²) >= 11 is 1.59. The molecule has 1 fully saturated rings. The third kappa shape index (κ3) is 3.07. The molecular weight excluding hydrogens is 268 g/mol. The zero-order valence-corrected chi connectivity index (χ0v) is 12.6. The minimum atomic E-state index is 0.126. The number of anilines is 1. The molecule has 1 aliphatic rings. The average molecular weight is 286 g/mol. The normalized spacial score (nSPS) is 14.3. The van der Waals surface area contributed by atoms with Crippen LogP contribution in [0.5, 0.6) is 0 Å². The van der Waals surface area contributed by atoms with E-state index in [0.29, 0.717) is 0 Å². The lowest BCUT2D eigenvalue weighted by Gasteiger charge is -2.01. The number of thiazole rings is 1. The summed E-state index contributed by atoms with van der Waals surface area (Å²) in [6.07, 6.45) is 2.92. The number of aromatic nitrogens is 1. The zero-order chi connectivity index (χ0) is 14.1. The lowest BCUT2D eigenvalue weighted by atomic mass is 10.1. The molecule has 1 saturated carbocycles. The lowest BCUT2D eigenvalue weighted by Crippen LogP contribution is -2.12. The number of benzene rings is 1. The molecule has 3 rings (SSSR count). The predicted octanol–water partition coefficient (Wildman–Crippen LogP) is 3.70. The molecule has 0 radical (unpaired) electrons. The van der Waals surface area contributed by atoms with Crippen LogP contribution in [0.3, 0.4) is 0 Å². The fourth-order valence-electron chi connectivity index (χ4n) is 2.21. The maximum absolute atomic E-state index is 11.8. The van der Waals surface area contributed by atoms with Crippen LogP contribution in [0.2, 0.25) is 0 Å². The Hall–Kier alpha value is -1.68. The van der Waals surface area contributed by atoms with Crippen LogP contribution in [0.1, 0.15) is 34.5 Å². The van der Waals surface area contributed by atoms with Crippen molar-refractivity contribution >= 4 is 22.4 Å². The van der Waals surface area contributed by atoms with E-state index in [0.717, 1.165) is 30.1 Å². The maximum atomic E-state index is 11.8. The molecule has 1 N–H and O–H groups in total. The molecule has 1 amide bonds. The molecular formula is C16H18N2OS. The number of carbonyl (C=O) groups is 1. The molecule has 3 nitrogen and oxygen atoms in total. The molecule has 20 heavy (non-hydrogen) atoms. The van der Waals surface area contributed by atoms with Crippen molar-refractivity contribution in [2.75, 3.05) is 5.32 Å². The largest absolute Gasteiger partial charge is 0.302 e. The van der Waals surface area contributed by atoms with Gasteiger partial charge in [-0.05, 0) is 32.3 Å². The molecule has 104 valence electrons. The quantitative estimate of drug-likeness (QED) is 0.931. The Balaban J connectivity index is 1.73. The molecule has 1 heterocycles. The second kappa shape index (κ2) is 5.37. The molecule has 0 atom stereocenters. The van der Waals surface area contributed by atoms with E-state index >= 15 is 0 Å². The Morgan fingerprint density at radius 2 is 2.20 bits per heavy atom. The van der Waals surface area contributed by atoms with Crippen LogP contribution in [0, 0.1) is 19.8 Å². The van der Waals surface area contributed by atoms with Gasteiger partial charge in [-0.15, -0.1) is 11.3 Å². The van der Waals surface area contributed by atoms with E-state index in [-0.39, 0.29) is 11.8 Å². The summed E-state index contributed by atoms with van der Waals surface area (Å²) in [6.45, 7) is 4.11. The predicted molar refractivity (Wildman–Crippen MR) is 82.2 cm³/mol. The first-order valence-electron chi connectivity index (χ1n) is 6.94. The standard InChI is InChI=1S/C16H18N2OS/c1-10-4-3-5-12(8-10)9-14-11(2)17-16(20-14)18-15(19)13-6-7-13/h3-5,8,13H,6-7,9H2,1-2H3,(H,17,18,19). The first kappa shape index (κ1) is 13.3. The van der Waals surface area contributed by atoms with Gasteiger partial charge in [0, 0.05) is 17.2 Å². The molecule has 0 unspecified atom stereocenters. The number of aryl methyl sites for hydroxylation is 2. The van der Waals surface area contributed by atoms with E-state index in [9.17, 15) is 4.79 Å². The van der Waals surface area contributed by atoms with E-state index in [2.05, 4.69) is 41.5 Å². The first-order chi connectivity index (χ1) is 9.61. The fourth-order valence-corrected chi connectivity index (χ4v) is 3.21. The van der Waals surface area contributed by atoms with Gasteiger partial charge in [0.1, 0.15) is 0 Å². The van der Waals surface area contributed by atoms with Gasteiger partial charge in [-0.2, -0.15) is 0 Å². The van der Waals surface area contributed by atoms with Crippen molar-refractivity contribution in [3.8, 4) is 0 Å². The summed E-state index contributed by atoms with van der Waals surface area (Å²) in [5, 5.41) is 3.67. The van der Waals surface area contributed by atoms with Crippen molar-refractivity contribution in [3.63, 3.8) is 0 Å². The van der Waals surface area contributed by atoms with E-state index in [1.54, 1.807) is 11.3 Å². The summed E-state index contributed by atoms with van der Waals surface area (Å²) in [4.78, 5) is 17.4. The minimum Gasteiger partial charge on any atom is -0.302 e. The molecule has 4 heteroatoms. The number of carbonyl (C=O) groups excluding carboxylic acids is 1. The van der Waals surface area contributed by atoms with Crippen LogP contribution in [0.25, 0.3) is 0 Å². The van der Waals surface area contributed by atoms with Crippen molar-refractivity contribution in [1.29, 1.82) is 0 Å². The van der Waals surface area contributed by atoms with Gasteiger partial charge in [0.25, 0.3) is 0 Å². The molecule has 1 aromatic carbocycles. The number of nitrogens with zero attached hydrogens (tertiary/aromatic N) is 1. The van der Waals surface area contributed by atoms with Gasteiger partial charge in [0.15, 0.2) is 5.13 Å². The fraction of sp³-hybridized carbons (Fsp3) is 0.375. The van der Waals surface area contributed by atoms with Crippen LogP contribution in [-0.2, 0) is 11.2 Å². The van der Waals surface area contributed by atoms with Crippen LogP contribution >= 0.6 is 11.3 Å².